The van der Waals surface area contributed by atoms with Crippen molar-refractivity contribution in [3.8, 4) is 17.3 Å². The van der Waals surface area contributed by atoms with Gasteiger partial charge in [-0.1, -0.05) is 41.9 Å². The lowest BCUT2D eigenvalue weighted by molar-refractivity contribution is -0.164. The molecular formula is C39H37ClF2N8O3. The third-order valence-electron chi connectivity index (χ3n) is 11.1. The van der Waals surface area contributed by atoms with Gasteiger partial charge in [0.1, 0.15) is 41.2 Å². The van der Waals surface area contributed by atoms with Gasteiger partial charge in [0.15, 0.2) is 5.82 Å². The molecule has 0 radical (unpaired) electrons. The quantitative estimate of drug-likeness (QED) is 0.190. The minimum Gasteiger partial charge on any atom is -0.461 e. The van der Waals surface area contributed by atoms with E-state index in [-0.39, 0.29) is 29.7 Å². The van der Waals surface area contributed by atoms with E-state index in [0.717, 1.165) is 24.8 Å². The summed E-state index contributed by atoms with van der Waals surface area (Å²) in [6, 6.07) is 12.9. The molecule has 5 aromatic rings. The minimum atomic E-state index is -0.926. The van der Waals surface area contributed by atoms with Crippen LogP contribution in [0.2, 0.25) is 5.02 Å². The molecule has 7 heterocycles. The normalized spacial score (nSPS) is 22.6. The summed E-state index contributed by atoms with van der Waals surface area (Å²) in [6.07, 6.45) is 7.68. The Morgan fingerprint density at radius 3 is 2.75 bits per heavy atom. The Balaban J connectivity index is 1.09. The van der Waals surface area contributed by atoms with Crippen molar-refractivity contribution in [3.05, 3.63) is 83.3 Å². The number of nitrogens with zero attached hydrogens (tertiary/aromatic N) is 8. The predicted octanol–water partition coefficient (Wildman–Crippen LogP) is 5.82. The van der Waals surface area contributed by atoms with Crippen LogP contribution in [0.1, 0.15) is 30.8 Å². The van der Waals surface area contributed by atoms with Crippen molar-refractivity contribution in [1.29, 1.82) is 0 Å². The average Bonchev–Trinajstić information content (AvgIpc) is 3.67. The molecule has 0 aliphatic carbocycles. The van der Waals surface area contributed by atoms with Crippen molar-refractivity contribution in [2.75, 3.05) is 57.4 Å². The second-order valence-electron chi connectivity index (χ2n) is 14.5. The van der Waals surface area contributed by atoms with Gasteiger partial charge in [-0.15, -0.1) is 0 Å². The highest BCUT2D eigenvalue weighted by Gasteiger charge is 2.51. The van der Waals surface area contributed by atoms with Crippen molar-refractivity contribution >= 4 is 51.1 Å². The molecule has 0 saturated carbocycles. The van der Waals surface area contributed by atoms with Gasteiger partial charge in [0, 0.05) is 67.0 Å². The zero-order valence-corrected chi connectivity index (χ0v) is 29.9. The maximum Gasteiger partial charge on any atom is 0.319 e. The molecule has 4 aliphatic rings. The van der Waals surface area contributed by atoms with Gasteiger partial charge in [0.25, 0.3) is 0 Å². The summed E-state index contributed by atoms with van der Waals surface area (Å²) in [5.74, 6) is 0.274. The molecule has 4 saturated heterocycles. The minimum absolute atomic E-state index is 0.00327. The second kappa shape index (κ2) is 13.2. The molecular weight excluding hydrogens is 702 g/mol. The Kier molecular flexibility index (Phi) is 8.47. The van der Waals surface area contributed by atoms with Gasteiger partial charge in [0.05, 0.1) is 29.8 Å². The highest BCUT2D eigenvalue weighted by Crippen LogP contribution is 2.42. The average molecular weight is 739 g/mol. The number of anilines is 1. The van der Waals surface area contributed by atoms with Crippen molar-refractivity contribution in [3.63, 3.8) is 0 Å². The molecule has 11 nitrogen and oxygen atoms in total. The molecule has 2 atom stereocenters. The first-order chi connectivity index (χ1) is 25.7. The molecule has 2 aromatic carbocycles. The summed E-state index contributed by atoms with van der Waals surface area (Å²) >= 11 is 6.65. The summed E-state index contributed by atoms with van der Waals surface area (Å²) in [6.45, 7) is 5.01. The van der Waals surface area contributed by atoms with E-state index in [9.17, 15) is 9.18 Å². The van der Waals surface area contributed by atoms with Crippen LogP contribution in [0, 0.1) is 12.7 Å². The summed E-state index contributed by atoms with van der Waals surface area (Å²) < 4.78 is 43.6. The molecule has 4 fully saturated rings. The molecule has 4 aliphatic heterocycles. The van der Waals surface area contributed by atoms with Crippen LogP contribution in [0.25, 0.3) is 39.0 Å². The third-order valence-corrected chi connectivity index (χ3v) is 11.5. The summed E-state index contributed by atoms with van der Waals surface area (Å²) in [5.41, 5.74) is 0.260. The van der Waals surface area contributed by atoms with Crippen molar-refractivity contribution < 1.29 is 23.0 Å². The van der Waals surface area contributed by atoms with Crippen molar-refractivity contribution in [2.45, 2.75) is 43.4 Å². The van der Waals surface area contributed by atoms with E-state index in [1.165, 1.54) is 6.08 Å². The smallest absolute Gasteiger partial charge is 0.319 e. The van der Waals surface area contributed by atoms with Gasteiger partial charge in [0.2, 0.25) is 5.91 Å². The first kappa shape index (κ1) is 34.0. The number of aryl methyl sites for hydroxylation is 1. The number of hydrogen-bond acceptors (Lipinski definition) is 10. The molecule has 0 unspecified atom stereocenters. The lowest BCUT2D eigenvalue weighted by Crippen LogP contribution is -2.72. The number of aromatic nitrogens is 5. The molecule has 0 N–H and O–H groups in total. The Bertz CT molecular complexity index is 2280. The molecule has 53 heavy (non-hydrogen) atoms. The van der Waals surface area contributed by atoms with E-state index in [1.54, 1.807) is 43.6 Å². The summed E-state index contributed by atoms with van der Waals surface area (Å²) in [7, 11) is 0. The molecule has 272 valence electrons. The third kappa shape index (κ3) is 5.95. The number of amides is 1. The van der Waals surface area contributed by atoms with Crippen LogP contribution >= 0.6 is 11.6 Å². The van der Waals surface area contributed by atoms with Gasteiger partial charge in [-0.3, -0.25) is 14.7 Å². The number of ether oxygens (including phenoxy) is 2. The highest BCUT2D eigenvalue weighted by atomic mass is 35.5. The number of piperazine rings is 1. The first-order valence-electron chi connectivity index (χ1n) is 17.9. The summed E-state index contributed by atoms with van der Waals surface area (Å²) in [4.78, 5) is 42.3. The number of carbonyl (C=O) groups is 1. The van der Waals surface area contributed by atoms with E-state index in [2.05, 4.69) is 24.8 Å². The molecule has 3 aromatic heterocycles. The predicted molar refractivity (Wildman–Crippen MR) is 197 cm³/mol. The zero-order valence-electron chi connectivity index (χ0n) is 29.1. The van der Waals surface area contributed by atoms with Crippen LogP contribution in [0.3, 0.4) is 0 Å². The van der Waals surface area contributed by atoms with Crippen LogP contribution in [-0.2, 0) is 9.53 Å². The monoisotopic (exact) mass is 738 g/mol. The van der Waals surface area contributed by atoms with E-state index in [4.69, 9.17) is 26.1 Å². The second-order valence-corrected chi connectivity index (χ2v) is 14.9. The Labute approximate surface area is 309 Å². The first-order valence-corrected chi connectivity index (χ1v) is 18.3. The topological polar surface area (TPSA) is 110 Å². The zero-order chi connectivity index (χ0) is 36.3. The number of alkyl halides is 1. The fourth-order valence-corrected chi connectivity index (χ4v) is 8.84. The van der Waals surface area contributed by atoms with Crippen LogP contribution in [-0.4, -0.2) is 110 Å². The lowest BCUT2D eigenvalue weighted by atomic mass is 9.91. The number of fused-ring (bicyclic) bond motifs is 3. The number of benzene rings is 2. The fourth-order valence-electron chi connectivity index (χ4n) is 8.56. The van der Waals surface area contributed by atoms with Crippen LogP contribution in [0.15, 0.2) is 60.9 Å². The van der Waals surface area contributed by atoms with Gasteiger partial charge < -0.3 is 19.3 Å². The number of rotatable bonds is 7. The number of halogens is 3. The maximum absolute atomic E-state index is 17.0. The summed E-state index contributed by atoms with van der Waals surface area (Å²) in [5, 5.41) is 2.43. The van der Waals surface area contributed by atoms with E-state index in [0.29, 0.717) is 84.5 Å². The van der Waals surface area contributed by atoms with Gasteiger partial charge in [-0.05, 0) is 49.9 Å². The van der Waals surface area contributed by atoms with Gasteiger partial charge in [-0.25, -0.2) is 18.7 Å². The Morgan fingerprint density at radius 1 is 1.09 bits per heavy atom. The van der Waals surface area contributed by atoms with Gasteiger partial charge >= 0.3 is 6.01 Å². The standard InChI is InChI=1S/C39H37ClF2N8O3/c1-24-43-13-11-27(45-24)9-10-31(51)50-16-15-48(20-39(50)21-52-22-39)36-29-18-44-34(28-7-2-5-25-6-3-8-30(40)32(25)28)33(42)35(29)46-37(47-36)53-23-38-12-4-14-49(38)19-26(41)17-38/h2-3,5-11,13,18,26H,4,12,14-17,19-23H2,1H3/b10-9+/t26-,38+/m1/s1. The number of hydrogen-bond donors (Lipinski definition) is 0. The molecule has 9 rings (SSSR count). The Hall–Kier alpha value is -4.85. The highest BCUT2D eigenvalue weighted by molar-refractivity contribution is 6.36. The Morgan fingerprint density at radius 2 is 1.94 bits per heavy atom. The lowest BCUT2D eigenvalue weighted by Gasteiger charge is -2.55. The molecule has 14 heteroatoms. The van der Waals surface area contributed by atoms with E-state index < -0.39 is 23.1 Å². The number of carbonyl (C=O) groups excluding carboxylic acids is 1. The van der Waals surface area contributed by atoms with Crippen LogP contribution < -0.4 is 9.64 Å². The molecule has 1 amide bonds. The molecule has 0 bridgehead atoms. The largest absolute Gasteiger partial charge is 0.461 e. The maximum atomic E-state index is 17.0. The number of pyridine rings is 1. The van der Waals surface area contributed by atoms with Crippen LogP contribution in [0.4, 0.5) is 14.6 Å². The fraction of sp³-hybridized carbons (Fsp3) is 0.385. The van der Waals surface area contributed by atoms with Crippen molar-refractivity contribution in [1.82, 2.24) is 34.7 Å². The van der Waals surface area contributed by atoms with E-state index >= 15 is 4.39 Å². The van der Waals surface area contributed by atoms with Gasteiger partial charge in [-0.2, -0.15) is 9.97 Å². The van der Waals surface area contributed by atoms with Crippen LogP contribution in [0.5, 0.6) is 6.01 Å². The van der Waals surface area contributed by atoms with E-state index in [1.807, 2.05) is 34.1 Å². The molecule has 1 spiro atoms. The SMILES string of the molecule is Cc1nccc(/C=C/C(=O)N2CCN(c3nc(OC[C@@]45CCCN4C[C@H](F)C5)nc4c(F)c(-c5cccc6cccc(Cl)c56)ncc34)CC23COC3)n1. The van der Waals surface area contributed by atoms with Crippen molar-refractivity contribution in [2.24, 2.45) is 0 Å².